The fraction of sp³-hybridized carbons (Fsp3) is 0.0870. The van der Waals surface area contributed by atoms with Gasteiger partial charge in [0.2, 0.25) is 11.2 Å². The molecule has 1 heterocycles. The first-order valence-electron chi connectivity index (χ1n) is 8.76. The number of hydrogen-bond acceptors (Lipinski definition) is 4. The van der Waals surface area contributed by atoms with E-state index < -0.39 is 0 Å². The average molecular weight is 393 g/mol. The molecule has 0 aliphatic carbocycles. The van der Waals surface area contributed by atoms with Gasteiger partial charge in [0.05, 0.1) is 10.4 Å². The number of aryl methyl sites for hydroxylation is 1. The Kier molecular flexibility index (Phi) is 5.04. The smallest absolute Gasteiger partial charge is 0.235 e. The molecular weight excluding hydrogens is 376 g/mol. The number of fused-ring (bicyclic) bond motifs is 1. The molecule has 0 aliphatic rings. The zero-order valence-electron chi connectivity index (χ0n) is 15.1. The maximum atomic E-state index is 12.7. The van der Waals surface area contributed by atoms with Crippen molar-refractivity contribution in [3.05, 3.63) is 99.4 Å². The van der Waals surface area contributed by atoms with Gasteiger partial charge < -0.3 is 13.9 Å². The van der Waals surface area contributed by atoms with Crippen molar-refractivity contribution < 1.29 is 13.9 Å². The lowest BCUT2D eigenvalue weighted by Crippen LogP contribution is -2.05. The molecule has 0 fully saturated rings. The minimum atomic E-state index is -0.272. The van der Waals surface area contributed by atoms with Gasteiger partial charge in [-0.3, -0.25) is 4.79 Å². The molecule has 0 saturated heterocycles. The number of para-hydroxylation sites is 1. The van der Waals surface area contributed by atoms with E-state index in [4.69, 9.17) is 25.5 Å². The van der Waals surface area contributed by atoms with Gasteiger partial charge in [0.15, 0.2) is 0 Å². The van der Waals surface area contributed by atoms with Crippen LogP contribution in [0.3, 0.4) is 0 Å². The van der Waals surface area contributed by atoms with Crippen LogP contribution in [0.25, 0.3) is 11.0 Å². The highest BCUT2D eigenvalue weighted by Gasteiger charge is 2.11. The van der Waals surface area contributed by atoms with Gasteiger partial charge in [-0.25, -0.2) is 0 Å². The zero-order valence-corrected chi connectivity index (χ0v) is 15.9. The van der Waals surface area contributed by atoms with E-state index >= 15 is 0 Å². The molecule has 28 heavy (non-hydrogen) atoms. The summed E-state index contributed by atoms with van der Waals surface area (Å²) in [6.45, 7) is 2.47. The van der Waals surface area contributed by atoms with Crippen LogP contribution in [-0.2, 0) is 6.61 Å². The summed E-state index contributed by atoms with van der Waals surface area (Å²) in [5, 5.41) is 0.828. The van der Waals surface area contributed by atoms with Gasteiger partial charge in [0, 0.05) is 6.07 Å². The van der Waals surface area contributed by atoms with Gasteiger partial charge in [-0.2, -0.15) is 0 Å². The van der Waals surface area contributed by atoms with E-state index in [0.29, 0.717) is 34.1 Å². The van der Waals surface area contributed by atoms with Crippen LogP contribution in [0.15, 0.2) is 82.2 Å². The summed E-state index contributed by atoms with van der Waals surface area (Å²) in [7, 11) is 0. The maximum Gasteiger partial charge on any atom is 0.235 e. The SMILES string of the molecule is Cc1cccc(COc2ccc3c(=O)c(Oc4ccccc4Cl)coc3c2)c1. The number of ether oxygens (including phenoxy) is 2. The Bertz CT molecular complexity index is 1200. The van der Waals surface area contributed by atoms with Crippen LogP contribution >= 0.6 is 11.6 Å². The standard InChI is InChI=1S/C23H17ClO4/c1-15-5-4-6-16(11-15)13-26-17-9-10-18-21(12-17)27-14-22(23(18)25)28-20-8-3-2-7-19(20)24/h2-12,14H,13H2,1H3. The second-order valence-corrected chi connectivity index (χ2v) is 6.80. The highest BCUT2D eigenvalue weighted by molar-refractivity contribution is 6.32. The fourth-order valence-electron chi connectivity index (χ4n) is 2.87. The quantitative estimate of drug-likeness (QED) is 0.410. The Morgan fingerprint density at radius 2 is 1.82 bits per heavy atom. The van der Waals surface area contributed by atoms with Gasteiger partial charge >= 0.3 is 0 Å². The largest absolute Gasteiger partial charge is 0.489 e. The van der Waals surface area contributed by atoms with Gasteiger partial charge in [-0.05, 0) is 36.8 Å². The van der Waals surface area contributed by atoms with Crippen molar-refractivity contribution in [2.45, 2.75) is 13.5 Å². The lowest BCUT2D eigenvalue weighted by molar-refractivity contribution is 0.306. The molecule has 140 valence electrons. The molecule has 4 nitrogen and oxygen atoms in total. The van der Waals surface area contributed by atoms with Crippen molar-refractivity contribution in [3.8, 4) is 17.2 Å². The van der Waals surface area contributed by atoms with Crippen LogP contribution in [0, 0.1) is 6.92 Å². The summed E-state index contributed by atoms with van der Waals surface area (Å²) in [6.07, 6.45) is 1.29. The zero-order chi connectivity index (χ0) is 19.5. The molecule has 0 radical (unpaired) electrons. The summed E-state index contributed by atoms with van der Waals surface area (Å²) >= 11 is 6.09. The molecule has 0 atom stereocenters. The monoisotopic (exact) mass is 392 g/mol. The average Bonchev–Trinajstić information content (AvgIpc) is 2.70. The van der Waals surface area contributed by atoms with E-state index in [9.17, 15) is 4.79 Å². The molecule has 3 aromatic carbocycles. The van der Waals surface area contributed by atoms with Crippen molar-refractivity contribution in [3.63, 3.8) is 0 Å². The molecule has 0 bridgehead atoms. The normalized spacial score (nSPS) is 10.8. The van der Waals surface area contributed by atoms with Crippen molar-refractivity contribution >= 4 is 22.6 Å². The van der Waals surface area contributed by atoms with Crippen molar-refractivity contribution in [2.75, 3.05) is 0 Å². The topological polar surface area (TPSA) is 48.7 Å². The van der Waals surface area contributed by atoms with Crippen LogP contribution < -0.4 is 14.9 Å². The third kappa shape index (κ3) is 3.87. The number of rotatable bonds is 5. The highest BCUT2D eigenvalue weighted by Crippen LogP contribution is 2.29. The summed E-state index contributed by atoms with van der Waals surface area (Å²) in [4.78, 5) is 12.7. The summed E-state index contributed by atoms with van der Waals surface area (Å²) in [6, 6.07) is 20.2. The number of halogens is 1. The van der Waals surface area contributed by atoms with Crippen molar-refractivity contribution in [1.82, 2.24) is 0 Å². The van der Waals surface area contributed by atoms with E-state index in [1.807, 2.05) is 25.1 Å². The minimum absolute atomic E-state index is 0.0778. The summed E-state index contributed by atoms with van der Waals surface area (Å²) in [5.74, 6) is 1.10. The molecule has 0 saturated carbocycles. The van der Waals surface area contributed by atoms with Crippen LogP contribution in [0.5, 0.6) is 17.2 Å². The molecule has 0 N–H and O–H groups in total. The second-order valence-electron chi connectivity index (χ2n) is 6.40. The molecule has 1 aromatic heterocycles. The molecular formula is C23H17ClO4. The van der Waals surface area contributed by atoms with Crippen molar-refractivity contribution in [2.24, 2.45) is 0 Å². The summed E-state index contributed by atoms with van der Waals surface area (Å²) in [5.41, 5.74) is 2.41. The van der Waals surface area contributed by atoms with E-state index in [1.54, 1.807) is 42.5 Å². The highest BCUT2D eigenvalue weighted by atomic mass is 35.5. The third-order valence-corrected chi connectivity index (χ3v) is 4.57. The van der Waals surface area contributed by atoms with E-state index in [0.717, 1.165) is 5.56 Å². The molecule has 4 rings (SSSR count). The predicted molar refractivity (Wildman–Crippen MR) is 110 cm³/mol. The Hall–Kier alpha value is -3.24. The van der Waals surface area contributed by atoms with Gasteiger partial charge in [-0.1, -0.05) is 53.6 Å². The van der Waals surface area contributed by atoms with Crippen LogP contribution in [0.1, 0.15) is 11.1 Å². The first-order valence-corrected chi connectivity index (χ1v) is 9.14. The first kappa shape index (κ1) is 18.1. The predicted octanol–water partition coefficient (Wildman–Crippen LogP) is 6.13. The molecule has 0 unspecified atom stereocenters. The van der Waals surface area contributed by atoms with Crippen LogP contribution in [-0.4, -0.2) is 0 Å². The molecule has 0 spiro atoms. The molecule has 5 heteroatoms. The third-order valence-electron chi connectivity index (χ3n) is 4.26. The van der Waals surface area contributed by atoms with Gasteiger partial charge in [0.1, 0.15) is 30.0 Å². The van der Waals surface area contributed by atoms with E-state index in [-0.39, 0.29) is 11.2 Å². The molecule has 0 amide bonds. The van der Waals surface area contributed by atoms with E-state index in [2.05, 4.69) is 6.07 Å². The Balaban J connectivity index is 1.57. The Morgan fingerprint density at radius 3 is 2.64 bits per heavy atom. The van der Waals surface area contributed by atoms with Crippen molar-refractivity contribution in [1.29, 1.82) is 0 Å². The number of benzene rings is 3. The van der Waals surface area contributed by atoms with Gasteiger partial charge in [0.25, 0.3) is 0 Å². The second kappa shape index (κ2) is 7.79. The Morgan fingerprint density at radius 1 is 0.964 bits per heavy atom. The molecule has 0 aliphatic heterocycles. The van der Waals surface area contributed by atoms with Crippen LogP contribution in [0.4, 0.5) is 0 Å². The van der Waals surface area contributed by atoms with E-state index in [1.165, 1.54) is 11.8 Å². The number of hydrogen-bond donors (Lipinski definition) is 0. The van der Waals surface area contributed by atoms with Crippen LogP contribution in [0.2, 0.25) is 5.02 Å². The fourth-order valence-corrected chi connectivity index (χ4v) is 3.04. The minimum Gasteiger partial charge on any atom is -0.489 e. The molecule has 4 aromatic rings. The lowest BCUT2D eigenvalue weighted by Gasteiger charge is -2.09. The van der Waals surface area contributed by atoms with Gasteiger partial charge in [-0.15, -0.1) is 0 Å². The Labute approximate surface area is 166 Å². The summed E-state index contributed by atoms with van der Waals surface area (Å²) < 4.78 is 17.1. The maximum absolute atomic E-state index is 12.7. The lowest BCUT2D eigenvalue weighted by atomic mass is 10.1. The first-order chi connectivity index (χ1) is 13.6.